The lowest BCUT2D eigenvalue weighted by Crippen LogP contribution is -1.96. The number of fused-ring (bicyclic) bond motifs is 1. The standard InChI is InChI=1S/C5H6N4OS2/c1-10-2-3-6-7-4-9(3)8-5(11)12-4/h2H2,1H3,(H,8,11). The zero-order chi connectivity index (χ0) is 8.55. The summed E-state index contributed by atoms with van der Waals surface area (Å²) in [6.45, 7) is 0.415. The number of aromatic nitrogens is 4. The van der Waals surface area contributed by atoms with E-state index < -0.39 is 0 Å². The number of rotatable bonds is 2. The first kappa shape index (κ1) is 7.96. The van der Waals surface area contributed by atoms with Crippen LogP contribution in [0.3, 0.4) is 0 Å². The van der Waals surface area contributed by atoms with Crippen LogP contribution in [0, 0.1) is 0 Å². The highest BCUT2D eigenvalue weighted by molar-refractivity contribution is 7.82. The van der Waals surface area contributed by atoms with Crippen molar-refractivity contribution in [2.75, 3.05) is 7.11 Å². The summed E-state index contributed by atoms with van der Waals surface area (Å²) in [7, 11) is 1.61. The molecule has 0 aromatic carbocycles. The van der Waals surface area contributed by atoms with Gasteiger partial charge in [-0.3, -0.25) is 0 Å². The van der Waals surface area contributed by atoms with Gasteiger partial charge in [0.05, 0.1) is 0 Å². The van der Waals surface area contributed by atoms with Gasteiger partial charge < -0.3 is 4.74 Å². The van der Waals surface area contributed by atoms with E-state index >= 15 is 0 Å². The van der Waals surface area contributed by atoms with E-state index in [2.05, 4.69) is 27.9 Å². The van der Waals surface area contributed by atoms with Crippen LogP contribution in [-0.4, -0.2) is 26.9 Å². The minimum absolute atomic E-state index is 0.415. The molecular weight excluding hydrogens is 196 g/mol. The van der Waals surface area contributed by atoms with Gasteiger partial charge in [-0.25, -0.2) is 0 Å². The van der Waals surface area contributed by atoms with Gasteiger partial charge in [0.2, 0.25) is 4.96 Å². The van der Waals surface area contributed by atoms with E-state index in [1.165, 1.54) is 11.3 Å². The van der Waals surface area contributed by atoms with E-state index in [1.807, 2.05) is 0 Å². The third kappa shape index (κ3) is 1.19. The Labute approximate surface area is 77.8 Å². The van der Waals surface area contributed by atoms with Crippen LogP contribution in [-0.2, 0) is 11.3 Å². The van der Waals surface area contributed by atoms with E-state index in [0.29, 0.717) is 16.8 Å². The molecule has 2 heterocycles. The Balaban J connectivity index is 2.53. The monoisotopic (exact) mass is 202 g/mol. The Hall–Kier alpha value is -0.660. The molecule has 0 amide bonds. The number of thiol groups is 1. The number of methoxy groups -OCH3 is 1. The summed E-state index contributed by atoms with van der Waals surface area (Å²) in [5.41, 5.74) is 0. The zero-order valence-electron chi connectivity index (χ0n) is 6.26. The van der Waals surface area contributed by atoms with Crippen molar-refractivity contribution in [3.8, 4) is 0 Å². The highest BCUT2D eigenvalue weighted by atomic mass is 32.2. The first-order valence-corrected chi connectivity index (χ1v) is 4.46. The van der Waals surface area contributed by atoms with Crippen LogP contribution >= 0.6 is 24.0 Å². The van der Waals surface area contributed by atoms with E-state index in [4.69, 9.17) is 4.74 Å². The predicted molar refractivity (Wildman–Crippen MR) is 46.6 cm³/mol. The summed E-state index contributed by atoms with van der Waals surface area (Å²) in [5, 5.41) is 11.9. The molecule has 0 aliphatic heterocycles. The molecular formula is C5H6N4OS2. The Morgan fingerprint density at radius 1 is 1.58 bits per heavy atom. The molecule has 0 saturated carbocycles. The van der Waals surface area contributed by atoms with Gasteiger partial charge in [-0.1, -0.05) is 11.3 Å². The minimum atomic E-state index is 0.415. The van der Waals surface area contributed by atoms with Gasteiger partial charge in [-0.15, -0.1) is 27.9 Å². The van der Waals surface area contributed by atoms with Crippen molar-refractivity contribution in [2.24, 2.45) is 0 Å². The second kappa shape index (κ2) is 3.00. The van der Waals surface area contributed by atoms with E-state index in [0.717, 1.165) is 4.96 Å². The molecule has 0 aliphatic rings. The molecule has 2 aromatic rings. The summed E-state index contributed by atoms with van der Waals surface area (Å²) in [6.07, 6.45) is 0. The van der Waals surface area contributed by atoms with Crippen LogP contribution in [0.2, 0.25) is 0 Å². The maximum Gasteiger partial charge on any atom is 0.235 e. The molecule has 2 rings (SSSR count). The molecule has 0 aliphatic carbocycles. The van der Waals surface area contributed by atoms with Crippen molar-refractivity contribution >= 4 is 28.9 Å². The molecule has 64 valence electrons. The van der Waals surface area contributed by atoms with E-state index in [-0.39, 0.29) is 0 Å². The van der Waals surface area contributed by atoms with Crippen molar-refractivity contribution in [3.63, 3.8) is 0 Å². The molecule has 0 radical (unpaired) electrons. The maximum absolute atomic E-state index is 4.92. The molecule has 0 bridgehead atoms. The fourth-order valence-corrected chi connectivity index (χ4v) is 1.80. The minimum Gasteiger partial charge on any atom is -0.377 e. The van der Waals surface area contributed by atoms with Crippen LogP contribution in [0.1, 0.15) is 5.82 Å². The normalized spacial score (nSPS) is 11.2. The molecule has 5 nitrogen and oxygen atoms in total. The number of hydrogen-bond acceptors (Lipinski definition) is 6. The quantitative estimate of drug-likeness (QED) is 0.725. The lowest BCUT2D eigenvalue weighted by Gasteiger charge is -1.91. The average Bonchev–Trinajstić information content (AvgIpc) is 2.52. The van der Waals surface area contributed by atoms with Crippen molar-refractivity contribution in [1.82, 2.24) is 19.8 Å². The third-order valence-electron chi connectivity index (χ3n) is 1.32. The SMILES string of the molecule is COCc1nnc2sc(S)nn12. The fourth-order valence-electron chi connectivity index (χ4n) is 0.866. The summed E-state index contributed by atoms with van der Waals surface area (Å²) in [5.74, 6) is 0.698. The molecule has 7 heteroatoms. The molecule has 0 spiro atoms. The number of hydrogen-bond donors (Lipinski definition) is 1. The van der Waals surface area contributed by atoms with Crippen LogP contribution in [0.25, 0.3) is 4.96 Å². The molecule has 0 N–H and O–H groups in total. The summed E-state index contributed by atoms with van der Waals surface area (Å²) in [6, 6.07) is 0. The second-order valence-electron chi connectivity index (χ2n) is 2.13. The van der Waals surface area contributed by atoms with Gasteiger partial charge >= 0.3 is 0 Å². The van der Waals surface area contributed by atoms with Crippen LogP contribution in [0.15, 0.2) is 4.34 Å². The Morgan fingerprint density at radius 2 is 2.42 bits per heavy atom. The van der Waals surface area contributed by atoms with E-state index in [9.17, 15) is 0 Å². The van der Waals surface area contributed by atoms with Crippen LogP contribution in [0.4, 0.5) is 0 Å². The smallest absolute Gasteiger partial charge is 0.235 e. The molecule has 0 unspecified atom stereocenters. The second-order valence-corrected chi connectivity index (χ2v) is 3.81. The van der Waals surface area contributed by atoms with Crippen molar-refractivity contribution in [1.29, 1.82) is 0 Å². The Bertz CT molecular complexity index is 395. The maximum atomic E-state index is 4.92. The fraction of sp³-hybridized carbons (Fsp3) is 0.400. The van der Waals surface area contributed by atoms with Crippen molar-refractivity contribution < 1.29 is 4.74 Å². The van der Waals surface area contributed by atoms with Gasteiger partial charge in [-0.2, -0.15) is 4.52 Å². The van der Waals surface area contributed by atoms with Gasteiger partial charge in [0.15, 0.2) is 10.2 Å². The first-order chi connectivity index (χ1) is 5.81. The number of ether oxygens (including phenoxy) is 1. The molecule has 12 heavy (non-hydrogen) atoms. The first-order valence-electron chi connectivity index (χ1n) is 3.20. The highest BCUT2D eigenvalue weighted by Crippen LogP contribution is 2.16. The van der Waals surface area contributed by atoms with Crippen molar-refractivity contribution in [2.45, 2.75) is 10.9 Å². The van der Waals surface area contributed by atoms with Crippen LogP contribution < -0.4 is 0 Å². The average molecular weight is 202 g/mol. The lowest BCUT2D eigenvalue weighted by molar-refractivity contribution is 0.176. The summed E-state index contributed by atoms with van der Waals surface area (Å²) >= 11 is 5.49. The molecule has 0 saturated heterocycles. The summed E-state index contributed by atoms with van der Waals surface area (Å²) < 4.78 is 7.23. The van der Waals surface area contributed by atoms with Crippen molar-refractivity contribution in [3.05, 3.63) is 5.82 Å². The zero-order valence-corrected chi connectivity index (χ0v) is 7.97. The van der Waals surface area contributed by atoms with Crippen LogP contribution in [0.5, 0.6) is 0 Å². The van der Waals surface area contributed by atoms with Gasteiger partial charge in [0.1, 0.15) is 6.61 Å². The van der Waals surface area contributed by atoms with Gasteiger partial charge in [-0.05, 0) is 0 Å². The highest BCUT2D eigenvalue weighted by Gasteiger charge is 2.08. The molecule has 0 fully saturated rings. The largest absolute Gasteiger partial charge is 0.377 e. The molecule has 2 aromatic heterocycles. The summed E-state index contributed by atoms with van der Waals surface area (Å²) in [4.78, 5) is 0.743. The topological polar surface area (TPSA) is 52.3 Å². The van der Waals surface area contributed by atoms with E-state index in [1.54, 1.807) is 11.6 Å². The predicted octanol–water partition coefficient (Wildman–Crippen LogP) is 0.621. The van der Waals surface area contributed by atoms with Gasteiger partial charge in [0, 0.05) is 7.11 Å². The Kier molecular flexibility index (Phi) is 1.99. The Morgan fingerprint density at radius 3 is 3.17 bits per heavy atom. The third-order valence-corrected chi connectivity index (χ3v) is 2.38. The number of nitrogens with zero attached hydrogens (tertiary/aromatic N) is 4. The van der Waals surface area contributed by atoms with Gasteiger partial charge in [0.25, 0.3) is 0 Å². The molecule has 0 atom stereocenters. The lowest BCUT2D eigenvalue weighted by atomic mass is 10.7.